The summed E-state index contributed by atoms with van der Waals surface area (Å²) in [4.78, 5) is 28.5. The molecular weight excluding hydrogens is 356 g/mol. The molecule has 0 saturated heterocycles. The van der Waals surface area contributed by atoms with Gasteiger partial charge in [0, 0.05) is 5.69 Å². The highest BCUT2D eigenvalue weighted by atomic mass is 32.2. The van der Waals surface area contributed by atoms with Crippen molar-refractivity contribution in [2.45, 2.75) is 11.3 Å². The molecule has 0 fully saturated rings. The van der Waals surface area contributed by atoms with E-state index >= 15 is 0 Å². The molecule has 3 aromatic rings. The third-order valence-corrected chi connectivity index (χ3v) is 5.79. The van der Waals surface area contributed by atoms with Crippen LogP contribution in [0.4, 0.5) is 5.69 Å². The van der Waals surface area contributed by atoms with E-state index in [0.717, 1.165) is 14.6 Å². The third kappa shape index (κ3) is 4.00. The standard InChI is InChI=1S/C18H16N2O3S2/c1-11-12(17(22)23-2)6-5-8-13(11)19-16(21)10-24-18-20-14-7-3-4-9-15(14)25-18/h3-9H,10H2,1-2H3,(H,19,21). The van der Waals surface area contributed by atoms with Crippen LogP contribution < -0.4 is 5.32 Å². The van der Waals surface area contributed by atoms with E-state index in [2.05, 4.69) is 10.3 Å². The molecule has 7 heteroatoms. The summed E-state index contributed by atoms with van der Waals surface area (Å²) in [6, 6.07) is 13.0. The van der Waals surface area contributed by atoms with Crippen LogP contribution in [0.3, 0.4) is 0 Å². The van der Waals surface area contributed by atoms with Crippen molar-refractivity contribution < 1.29 is 14.3 Å². The van der Waals surface area contributed by atoms with Crippen molar-refractivity contribution in [1.82, 2.24) is 4.98 Å². The van der Waals surface area contributed by atoms with Gasteiger partial charge in [-0.1, -0.05) is 30.0 Å². The van der Waals surface area contributed by atoms with Gasteiger partial charge in [0.2, 0.25) is 5.91 Å². The quantitative estimate of drug-likeness (QED) is 0.539. The summed E-state index contributed by atoms with van der Waals surface area (Å²) < 4.78 is 6.71. The predicted octanol–water partition coefficient (Wildman–Crippen LogP) is 4.12. The molecule has 0 radical (unpaired) electrons. The molecular formula is C18H16N2O3S2. The Morgan fingerprint density at radius 3 is 2.76 bits per heavy atom. The average molecular weight is 372 g/mol. The Balaban J connectivity index is 1.65. The predicted molar refractivity (Wildman–Crippen MR) is 101 cm³/mol. The molecule has 1 heterocycles. The highest BCUT2D eigenvalue weighted by molar-refractivity contribution is 8.01. The number of rotatable bonds is 5. The summed E-state index contributed by atoms with van der Waals surface area (Å²) in [6.07, 6.45) is 0. The van der Waals surface area contributed by atoms with Gasteiger partial charge in [-0.25, -0.2) is 9.78 Å². The highest BCUT2D eigenvalue weighted by Crippen LogP contribution is 2.29. The van der Waals surface area contributed by atoms with E-state index in [-0.39, 0.29) is 11.7 Å². The number of nitrogens with zero attached hydrogens (tertiary/aromatic N) is 1. The van der Waals surface area contributed by atoms with E-state index in [0.29, 0.717) is 16.8 Å². The topological polar surface area (TPSA) is 68.3 Å². The van der Waals surface area contributed by atoms with Gasteiger partial charge in [0.1, 0.15) is 0 Å². The van der Waals surface area contributed by atoms with E-state index in [1.54, 1.807) is 36.5 Å². The molecule has 0 saturated carbocycles. The zero-order valence-electron chi connectivity index (χ0n) is 13.7. The first-order valence-electron chi connectivity index (χ1n) is 7.54. The summed E-state index contributed by atoms with van der Waals surface area (Å²) >= 11 is 2.97. The number of aromatic nitrogens is 1. The molecule has 5 nitrogen and oxygen atoms in total. The van der Waals surface area contributed by atoms with Gasteiger partial charge in [-0.2, -0.15) is 0 Å². The molecule has 1 amide bonds. The number of carbonyl (C=O) groups excluding carboxylic acids is 2. The number of carbonyl (C=O) groups is 2. The Morgan fingerprint density at radius 1 is 1.20 bits per heavy atom. The number of thiazole rings is 1. The zero-order chi connectivity index (χ0) is 17.8. The first-order chi connectivity index (χ1) is 12.1. The van der Waals surface area contributed by atoms with E-state index in [1.165, 1.54) is 18.9 Å². The Labute approximate surface area is 153 Å². The second-order valence-electron chi connectivity index (χ2n) is 5.25. The highest BCUT2D eigenvalue weighted by Gasteiger charge is 2.14. The molecule has 0 spiro atoms. The summed E-state index contributed by atoms with van der Waals surface area (Å²) in [6.45, 7) is 1.78. The number of benzene rings is 2. The number of para-hydroxylation sites is 1. The molecule has 0 bridgehead atoms. The van der Waals surface area contributed by atoms with Gasteiger partial charge in [-0.3, -0.25) is 4.79 Å². The number of hydrogen-bond donors (Lipinski definition) is 1. The number of nitrogens with one attached hydrogen (secondary N) is 1. The van der Waals surface area contributed by atoms with Gasteiger partial charge in [0.25, 0.3) is 0 Å². The number of thioether (sulfide) groups is 1. The summed E-state index contributed by atoms with van der Waals surface area (Å²) in [5.41, 5.74) is 2.68. The number of anilines is 1. The van der Waals surface area contributed by atoms with Crippen LogP contribution in [0, 0.1) is 6.92 Å². The van der Waals surface area contributed by atoms with Crippen LogP contribution >= 0.6 is 23.1 Å². The number of ether oxygens (including phenoxy) is 1. The number of methoxy groups -OCH3 is 1. The van der Waals surface area contributed by atoms with Crippen molar-refractivity contribution in [2.75, 3.05) is 18.2 Å². The van der Waals surface area contributed by atoms with E-state index in [9.17, 15) is 9.59 Å². The van der Waals surface area contributed by atoms with Gasteiger partial charge < -0.3 is 10.1 Å². The molecule has 0 aliphatic heterocycles. The molecule has 0 aliphatic rings. The molecule has 1 N–H and O–H groups in total. The molecule has 3 rings (SSSR count). The van der Waals surface area contributed by atoms with Crippen LogP contribution in [0.25, 0.3) is 10.2 Å². The Hall–Kier alpha value is -2.38. The van der Waals surface area contributed by atoms with Crippen LogP contribution in [0.1, 0.15) is 15.9 Å². The SMILES string of the molecule is COC(=O)c1cccc(NC(=O)CSc2nc3ccccc3s2)c1C. The lowest BCUT2D eigenvalue weighted by Gasteiger charge is -2.11. The van der Waals surface area contributed by atoms with E-state index in [1.807, 2.05) is 24.3 Å². The van der Waals surface area contributed by atoms with Gasteiger partial charge >= 0.3 is 5.97 Å². The van der Waals surface area contributed by atoms with Crippen LogP contribution in [0.2, 0.25) is 0 Å². The third-order valence-electron chi connectivity index (χ3n) is 3.61. The maximum Gasteiger partial charge on any atom is 0.338 e. The molecule has 0 aliphatic carbocycles. The van der Waals surface area contributed by atoms with Gasteiger partial charge in [-0.05, 0) is 36.8 Å². The number of fused-ring (bicyclic) bond motifs is 1. The first-order valence-corrected chi connectivity index (χ1v) is 9.35. The first kappa shape index (κ1) is 17.4. The Kier molecular flexibility index (Phi) is 5.35. The van der Waals surface area contributed by atoms with Crippen molar-refractivity contribution in [3.8, 4) is 0 Å². The smallest absolute Gasteiger partial charge is 0.338 e. The van der Waals surface area contributed by atoms with E-state index in [4.69, 9.17) is 4.74 Å². The molecule has 25 heavy (non-hydrogen) atoms. The van der Waals surface area contributed by atoms with E-state index < -0.39 is 5.97 Å². The van der Waals surface area contributed by atoms with Gasteiger partial charge in [0.05, 0.1) is 28.6 Å². The van der Waals surface area contributed by atoms with Crippen LogP contribution in [0.15, 0.2) is 46.8 Å². The molecule has 0 atom stereocenters. The van der Waals surface area contributed by atoms with Crippen molar-refractivity contribution >= 4 is 50.9 Å². The maximum atomic E-state index is 12.2. The summed E-state index contributed by atoms with van der Waals surface area (Å²) in [5, 5.41) is 2.84. The number of esters is 1. The van der Waals surface area contributed by atoms with Crippen molar-refractivity contribution in [2.24, 2.45) is 0 Å². The minimum atomic E-state index is -0.419. The molecule has 2 aromatic carbocycles. The molecule has 0 unspecified atom stereocenters. The fourth-order valence-electron chi connectivity index (χ4n) is 2.33. The lowest BCUT2D eigenvalue weighted by molar-refractivity contribution is -0.113. The van der Waals surface area contributed by atoms with Crippen LogP contribution in [-0.4, -0.2) is 29.7 Å². The fraction of sp³-hybridized carbons (Fsp3) is 0.167. The largest absolute Gasteiger partial charge is 0.465 e. The summed E-state index contributed by atoms with van der Waals surface area (Å²) in [5.74, 6) is -0.311. The Morgan fingerprint density at radius 2 is 2.00 bits per heavy atom. The maximum absolute atomic E-state index is 12.2. The van der Waals surface area contributed by atoms with Crippen molar-refractivity contribution in [3.05, 3.63) is 53.6 Å². The van der Waals surface area contributed by atoms with Crippen molar-refractivity contribution in [3.63, 3.8) is 0 Å². The second-order valence-corrected chi connectivity index (χ2v) is 7.51. The Bertz CT molecular complexity index is 904. The van der Waals surface area contributed by atoms with Crippen molar-refractivity contribution in [1.29, 1.82) is 0 Å². The second kappa shape index (κ2) is 7.67. The molecule has 1 aromatic heterocycles. The lowest BCUT2D eigenvalue weighted by Crippen LogP contribution is -2.16. The summed E-state index contributed by atoms with van der Waals surface area (Å²) in [7, 11) is 1.33. The van der Waals surface area contributed by atoms with Gasteiger partial charge in [-0.15, -0.1) is 11.3 Å². The minimum absolute atomic E-state index is 0.144. The monoisotopic (exact) mass is 372 g/mol. The average Bonchev–Trinajstić information content (AvgIpc) is 3.04. The minimum Gasteiger partial charge on any atom is -0.465 e. The normalized spacial score (nSPS) is 10.6. The van der Waals surface area contributed by atoms with Gasteiger partial charge in [0.15, 0.2) is 4.34 Å². The van der Waals surface area contributed by atoms with Crippen LogP contribution in [0.5, 0.6) is 0 Å². The molecule has 128 valence electrons. The zero-order valence-corrected chi connectivity index (χ0v) is 15.4. The lowest BCUT2D eigenvalue weighted by atomic mass is 10.1. The number of amides is 1. The van der Waals surface area contributed by atoms with Crippen LogP contribution in [-0.2, 0) is 9.53 Å². The number of hydrogen-bond acceptors (Lipinski definition) is 6. The fourth-order valence-corrected chi connectivity index (χ4v) is 4.20.